The molecule has 0 bridgehead atoms. The number of nitrogens with one attached hydrogen (secondary N) is 1. The van der Waals surface area contributed by atoms with Crippen LogP contribution in [0.3, 0.4) is 0 Å². The number of aliphatic hydroxyl groups is 1. The molecule has 0 aromatic heterocycles. The first-order valence-electron chi connectivity index (χ1n) is 6.79. The molecule has 1 aliphatic carbocycles. The van der Waals surface area contributed by atoms with Gasteiger partial charge in [0.2, 0.25) is 0 Å². The third-order valence-electron chi connectivity index (χ3n) is 3.88. The minimum absolute atomic E-state index is 0.0910. The van der Waals surface area contributed by atoms with Crippen LogP contribution in [0.2, 0.25) is 0 Å². The van der Waals surface area contributed by atoms with Gasteiger partial charge in [-0.2, -0.15) is 0 Å². The first-order chi connectivity index (χ1) is 8.65. The summed E-state index contributed by atoms with van der Waals surface area (Å²) in [5.74, 6) is 0.487. The van der Waals surface area contributed by atoms with Crippen molar-refractivity contribution >= 4 is 0 Å². The van der Waals surface area contributed by atoms with Crippen LogP contribution in [0.5, 0.6) is 0 Å². The summed E-state index contributed by atoms with van der Waals surface area (Å²) in [6, 6.07) is 4.93. The maximum absolute atomic E-state index is 13.1. The molecule has 1 aliphatic rings. The summed E-state index contributed by atoms with van der Waals surface area (Å²) in [5.41, 5.74) is 2.16. The molecule has 1 fully saturated rings. The molecule has 0 unspecified atom stereocenters. The highest BCUT2D eigenvalue weighted by molar-refractivity contribution is 5.26. The molecule has 0 amide bonds. The van der Waals surface area contributed by atoms with E-state index in [4.69, 9.17) is 0 Å². The first-order valence-corrected chi connectivity index (χ1v) is 6.79. The molecule has 0 spiro atoms. The smallest absolute Gasteiger partial charge is 0.123 e. The van der Waals surface area contributed by atoms with E-state index in [1.807, 2.05) is 13.0 Å². The second-order valence-electron chi connectivity index (χ2n) is 5.38. The van der Waals surface area contributed by atoms with Gasteiger partial charge in [-0.1, -0.05) is 6.07 Å². The average molecular weight is 251 g/mol. The lowest BCUT2D eigenvalue weighted by Crippen LogP contribution is -2.27. The molecular formula is C15H22FNO. The second kappa shape index (κ2) is 6.30. The average Bonchev–Trinajstić information content (AvgIpc) is 2.36. The number of halogens is 1. The van der Waals surface area contributed by atoms with E-state index in [1.54, 1.807) is 6.07 Å². The van der Waals surface area contributed by atoms with E-state index in [1.165, 1.54) is 6.07 Å². The highest BCUT2D eigenvalue weighted by Crippen LogP contribution is 2.23. The topological polar surface area (TPSA) is 32.3 Å². The summed E-state index contributed by atoms with van der Waals surface area (Å²) in [4.78, 5) is 0. The Morgan fingerprint density at radius 1 is 1.28 bits per heavy atom. The maximum atomic E-state index is 13.1. The fourth-order valence-corrected chi connectivity index (χ4v) is 2.59. The summed E-state index contributed by atoms with van der Waals surface area (Å²) < 4.78 is 13.1. The van der Waals surface area contributed by atoms with Crippen LogP contribution in [-0.2, 0) is 6.54 Å². The van der Waals surface area contributed by atoms with Crippen LogP contribution in [0.25, 0.3) is 0 Å². The van der Waals surface area contributed by atoms with Gasteiger partial charge in [-0.15, -0.1) is 0 Å². The quantitative estimate of drug-likeness (QED) is 0.862. The lowest BCUT2D eigenvalue weighted by Gasteiger charge is -2.25. The van der Waals surface area contributed by atoms with E-state index in [-0.39, 0.29) is 11.9 Å². The van der Waals surface area contributed by atoms with E-state index in [2.05, 4.69) is 5.32 Å². The van der Waals surface area contributed by atoms with Crippen molar-refractivity contribution in [2.45, 2.75) is 45.3 Å². The van der Waals surface area contributed by atoms with Gasteiger partial charge in [-0.05, 0) is 68.3 Å². The molecule has 0 atom stereocenters. The van der Waals surface area contributed by atoms with Crippen LogP contribution in [0.1, 0.15) is 36.8 Å². The third-order valence-corrected chi connectivity index (χ3v) is 3.88. The number of rotatable bonds is 4. The van der Waals surface area contributed by atoms with Gasteiger partial charge in [0.1, 0.15) is 5.82 Å². The summed E-state index contributed by atoms with van der Waals surface area (Å²) in [5, 5.41) is 12.8. The van der Waals surface area contributed by atoms with Crippen molar-refractivity contribution in [3.63, 3.8) is 0 Å². The van der Waals surface area contributed by atoms with Crippen LogP contribution >= 0.6 is 0 Å². The number of aliphatic hydroxyl groups excluding tert-OH is 1. The number of aryl methyl sites for hydroxylation is 1. The Hall–Kier alpha value is -0.930. The van der Waals surface area contributed by atoms with Gasteiger partial charge in [0, 0.05) is 6.54 Å². The van der Waals surface area contributed by atoms with Crippen molar-refractivity contribution in [3.05, 3.63) is 35.1 Å². The Balaban J connectivity index is 1.76. The Labute approximate surface area is 108 Å². The number of hydrogen-bond acceptors (Lipinski definition) is 2. The van der Waals surface area contributed by atoms with Crippen LogP contribution in [-0.4, -0.2) is 17.8 Å². The van der Waals surface area contributed by atoms with E-state index >= 15 is 0 Å². The minimum Gasteiger partial charge on any atom is -0.393 e. The zero-order valence-electron chi connectivity index (χ0n) is 11.0. The zero-order valence-corrected chi connectivity index (χ0v) is 11.0. The van der Waals surface area contributed by atoms with Gasteiger partial charge < -0.3 is 10.4 Å². The molecule has 2 N–H and O–H groups in total. The number of hydrogen-bond donors (Lipinski definition) is 2. The van der Waals surface area contributed by atoms with Crippen molar-refractivity contribution < 1.29 is 9.50 Å². The van der Waals surface area contributed by atoms with Crippen molar-refractivity contribution in [1.29, 1.82) is 0 Å². The molecule has 0 radical (unpaired) electrons. The predicted molar refractivity (Wildman–Crippen MR) is 70.8 cm³/mol. The fourth-order valence-electron chi connectivity index (χ4n) is 2.59. The molecule has 1 aromatic rings. The highest BCUT2D eigenvalue weighted by Gasteiger charge is 2.18. The summed E-state index contributed by atoms with van der Waals surface area (Å²) in [7, 11) is 0. The molecule has 1 saturated carbocycles. The van der Waals surface area contributed by atoms with Crippen LogP contribution in [0.4, 0.5) is 4.39 Å². The van der Waals surface area contributed by atoms with E-state index in [9.17, 15) is 9.50 Å². The van der Waals surface area contributed by atoms with Crippen LogP contribution in [0.15, 0.2) is 18.2 Å². The molecule has 0 heterocycles. The van der Waals surface area contributed by atoms with Gasteiger partial charge >= 0.3 is 0 Å². The first kappa shape index (κ1) is 13.5. The van der Waals surface area contributed by atoms with Crippen molar-refractivity contribution in [2.24, 2.45) is 5.92 Å². The summed E-state index contributed by atoms with van der Waals surface area (Å²) in [6.07, 6.45) is 3.94. The Bertz CT molecular complexity index is 386. The monoisotopic (exact) mass is 251 g/mol. The van der Waals surface area contributed by atoms with Gasteiger partial charge in [0.25, 0.3) is 0 Å². The molecule has 2 rings (SSSR count). The van der Waals surface area contributed by atoms with Crippen LogP contribution in [0, 0.1) is 18.7 Å². The van der Waals surface area contributed by atoms with Gasteiger partial charge in [-0.3, -0.25) is 0 Å². The Morgan fingerprint density at radius 3 is 2.72 bits per heavy atom. The molecule has 0 saturated heterocycles. The SMILES string of the molecule is Cc1ccc(F)cc1CNCC1CCC(O)CC1. The standard InChI is InChI=1S/C15H22FNO/c1-11-2-5-14(16)8-13(11)10-17-9-12-3-6-15(18)7-4-12/h2,5,8,12,15,17-18H,3-4,6-7,9-10H2,1H3. The molecular weight excluding hydrogens is 229 g/mol. The summed E-state index contributed by atoms with van der Waals surface area (Å²) >= 11 is 0. The molecule has 3 heteroatoms. The molecule has 2 nitrogen and oxygen atoms in total. The Kier molecular flexibility index (Phi) is 4.72. The zero-order chi connectivity index (χ0) is 13.0. The van der Waals surface area contributed by atoms with E-state index < -0.39 is 0 Å². The maximum Gasteiger partial charge on any atom is 0.123 e. The van der Waals surface area contributed by atoms with Crippen molar-refractivity contribution in [3.8, 4) is 0 Å². The highest BCUT2D eigenvalue weighted by atomic mass is 19.1. The van der Waals surface area contributed by atoms with Crippen molar-refractivity contribution in [1.82, 2.24) is 5.32 Å². The van der Waals surface area contributed by atoms with Gasteiger partial charge in [0.15, 0.2) is 0 Å². The fraction of sp³-hybridized carbons (Fsp3) is 0.600. The van der Waals surface area contributed by atoms with Crippen molar-refractivity contribution in [2.75, 3.05) is 6.54 Å². The summed E-state index contributed by atoms with van der Waals surface area (Å²) in [6.45, 7) is 3.69. The molecule has 18 heavy (non-hydrogen) atoms. The minimum atomic E-state index is -0.168. The predicted octanol–water partition coefficient (Wildman–Crippen LogP) is 2.77. The van der Waals surface area contributed by atoms with E-state index in [0.717, 1.165) is 49.9 Å². The van der Waals surface area contributed by atoms with Gasteiger partial charge in [0.05, 0.1) is 6.10 Å². The largest absolute Gasteiger partial charge is 0.393 e. The lowest BCUT2D eigenvalue weighted by atomic mass is 9.87. The van der Waals surface area contributed by atoms with Gasteiger partial charge in [-0.25, -0.2) is 4.39 Å². The van der Waals surface area contributed by atoms with E-state index in [0.29, 0.717) is 5.92 Å². The second-order valence-corrected chi connectivity index (χ2v) is 5.38. The third kappa shape index (κ3) is 3.79. The normalized spacial score (nSPS) is 24.2. The Morgan fingerprint density at radius 2 is 2.00 bits per heavy atom. The molecule has 1 aromatic carbocycles. The van der Waals surface area contributed by atoms with Crippen LogP contribution < -0.4 is 5.32 Å². The number of benzene rings is 1. The molecule has 100 valence electrons. The lowest BCUT2D eigenvalue weighted by molar-refractivity contribution is 0.108. The molecule has 0 aliphatic heterocycles.